The number of allylic oxidation sites excluding steroid dienone is 1. The lowest BCUT2D eigenvalue weighted by Gasteiger charge is -2.05. The van der Waals surface area contributed by atoms with Crippen LogP contribution in [0.4, 0.5) is 4.53 Å². The van der Waals surface area contributed by atoms with Crippen molar-refractivity contribution >= 4 is 0 Å². The minimum Gasteiger partial charge on any atom is -0.189 e. The molecule has 2 aromatic rings. The first-order valence-electron chi connectivity index (χ1n) is 6.36. The molecule has 0 fully saturated rings. The SMILES string of the molecule is C=CCCc1ccc(-c2ccc(COF)cc2)cc1. The highest BCUT2D eigenvalue weighted by Crippen LogP contribution is 2.21. The van der Waals surface area contributed by atoms with Gasteiger partial charge in [0.15, 0.2) is 0 Å². The molecule has 2 rings (SSSR count). The molecule has 0 aromatic heterocycles. The Labute approximate surface area is 113 Å². The smallest absolute Gasteiger partial charge is 0.113 e. The largest absolute Gasteiger partial charge is 0.189 e. The molecule has 0 radical (unpaired) electrons. The summed E-state index contributed by atoms with van der Waals surface area (Å²) in [4.78, 5) is 3.62. The van der Waals surface area contributed by atoms with Gasteiger partial charge in [0.25, 0.3) is 0 Å². The summed E-state index contributed by atoms with van der Waals surface area (Å²) in [7, 11) is 0. The van der Waals surface area contributed by atoms with E-state index in [2.05, 4.69) is 35.8 Å². The quantitative estimate of drug-likeness (QED) is 0.670. The fourth-order valence-corrected chi connectivity index (χ4v) is 1.99. The number of benzene rings is 2. The van der Waals surface area contributed by atoms with Crippen molar-refractivity contribution in [3.05, 3.63) is 72.3 Å². The molecule has 0 saturated carbocycles. The summed E-state index contributed by atoms with van der Waals surface area (Å²) in [6.45, 7) is 3.73. The van der Waals surface area contributed by atoms with Crippen LogP contribution in [0, 0.1) is 0 Å². The average Bonchev–Trinajstić information content (AvgIpc) is 2.47. The van der Waals surface area contributed by atoms with Gasteiger partial charge in [0.2, 0.25) is 0 Å². The maximum absolute atomic E-state index is 11.7. The van der Waals surface area contributed by atoms with Gasteiger partial charge in [-0.2, -0.15) is 4.94 Å². The summed E-state index contributed by atoms with van der Waals surface area (Å²) < 4.78 is 11.7. The van der Waals surface area contributed by atoms with Gasteiger partial charge >= 0.3 is 0 Å². The Balaban J connectivity index is 2.10. The van der Waals surface area contributed by atoms with E-state index < -0.39 is 0 Å². The molecule has 0 heterocycles. The van der Waals surface area contributed by atoms with Crippen LogP contribution in [0.15, 0.2) is 61.2 Å². The molecule has 0 atom stereocenters. The zero-order chi connectivity index (χ0) is 13.5. The van der Waals surface area contributed by atoms with Crippen molar-refractivity contribution in [3.8, 4) is 11.1 Å². The molecular formula is C17H17FO. The van der Waals surface area contributed by atoms with Crippen molar-refractivity contribution in [3.63, 3.8) is 0 Å². The zero-order valence-electron chi connectivity index (χ0n) is 10.8. The summed E-state index contributed by atoms with van der Waals surface area (Å²) in [6.07, 6.45) is 3.95. The molecule has 0 aliphatic rings. The van der Waals surface area contributed by atoms with Crippen molar-refractivity contribution < 1.29 is 9.47 Å². The van der Waals surface area contributed by atoms with E-state index >= 15 is 0 Å². The summed E-state index contributed by atoms with van der Waals surface area (Å²) in [6, 6.07) is 16.2. The van der Waals surface area contributed by atoms with Gasteiger partial charge in [0, 0.05) is 0 Å². The highest BCUT2D eigenvalue weighted by molar-refractivity contribution is 5.63. The Kier molecular flexibility index (Phi) is 4.87. The van der Waals surface area contributed by atoms with Gasteiger partial charge in [-0.05, 0) is 39.6 Å². The van der Waals surface area contributed by atoms with Gasteiger partial charge in [0.1, 0.15) is 6.61 Å². The molecule has 0 aliphatic heterocycles. The van der Waals surface area contributed by atoms with Crippen molar-refractivity contribution in [2.45, 2.75) is 19.4 Å². The Hall–Kier alpha value is -1.93. The highest BCUT2D eigenvalue weighted by Gasteiger charge is 1.99. The van der Waals surface area contributed by atoms with Crippen LogP contribution in [0.5, 0.6) is 0 Å². The lowest BCUT2D eigenvalue weighted by atomic mass is 10.0. The molecule has 2 heteroatoms. The van der Waals surface area contributed by atoms with Gasteiger partial charge in [-0.15, -0.1) is 6.58 Å². The standard InChI is InChI=1S/C17H17FO/c1-2-3-4-14-5-9-16(10-6-14)17-11-7-15(8-12-17)13-19-18/h2,5-12H,1,3-4,13H2. The third kappa shape index (κ3) is 3.76. The van der Waals surface area contributed by atoms with Crippen LogP contribution >= 0.6 is 0 Å². The fraction of sp³-hybridized carbons (Fsp3) is 0.176. The van der Waals surface area contributed by atoms with E-state index in [0.29, 0.717) is 0 Å². The molecule has 98 valence electrons. The van der Waals surface area contributed by atoms with Crippen LogP contribution in [-0.4, -0.2) is 0 Å². The first-order valence-corrected chi connectivity index (χ1v) is 6.36. The van der Waals surface area contributed by atoms with Gasteiger partial charge in [-0.25, -0.2) is 0 Å². The molecule has 0 amide bonds. The zero-order valence-corrected chi connectivity index (χ0v) is 10.8. The highest BCUT2D eigenvalue weighted by atomic mass is 19.3. The number of halogens is 1. The van der Waals surface area contributed by atoms with E-state index in [1.807, 2.05) is 30.3 Å². The second-order valence-electron chi connectivity index (χ2n) is 4.47. The van der Waals surface area contributed by atoms with E-state index in [4.69, 9.17) is 0 Å². The summed E-state index contributed by atoms with van der Waals surface area (Å²) in [5, 5.41) is 0. The summed E-state index contributed by atoms with van der Waals surface area (Å²) in [5.41, 5.74) is 4.42. The number of rotatable bonds is 6. The molecule has 2 aromatic carbocycles. The number of aryl methyl sites for hydroxylation is 1. The van der Waals surface area contributed by atoms with E-state index in [0.717, 1.165) is 29.5 Å². The maximum Gasteiger partial charge on any atom is 0.113 e. The summed E-state index contributed by atoms with van der Waals surface area (Å²) in [5.74, 6) is 0. The molecule has 0 spiro atoms. The Morgan fingerprint density at radius 1 is 0.895 bits per heavy atom. The average molecular weight is 256 g/mol. The van der Waals surface area contributed by atoms with Crippen LogP contribution in [0.1, 0.15) is 17.5 Å². The molecular weight excluding hydrogens is 239 g/mol. The second kappa shape index (κ2) is 6.86. The van der Waals surface area contributed by atoms with Crippen molar-refractivity contribution in [2.24, 2.45) is 0 Å². The minimum absolute atomic E-state index is 0.000765. The van der Waals surface area contributed by atoms with Crippen LogP contribution in [-0.2, 0) is 18.0 Å². The molecule has 0 unspecified atom stereocenters. The van der Waals surface area contributed by atoms with Crippen molar-refractivity contribution in [2.75, 3.05) is 0 Å². The normalized spacial score (nSPS) is 10.4. The molecule has 0 aliphatic carbocycles. The second-order valence-corrected chi connectivity index (χ2v) is 4.47. The van der Waals surface area contributed by atoms with Crippen molar-refractivity contribution in [1.82, 2.24) is 0 Å². The van der Waals surface area contributed by atoms with Crippen LogP contribution in [0.25, 0.3) is 11.1 Å². The third-order valence-electron chi connectivity index (χ3n) is 3.10. The van der Waals surface area contributed by atoms with Crippen LogP contribution < -0.4 is 0 Å². The maximum atomic E-state index is 11.7. The topological polar surface area (TPSA) is 9.23 Å². The first kappa shape index (κ1) is 13.5. The van der Waals surface area contributed by atoms with E-state index in [-0.39, 0.29) is 6.61 Å². The molecule has 0 saturated heterocycles. The van der Waals surface area contributed by atoms with Crippen molar-refractivity contribution in [1.29, 1.82) is 0 Å². The molecule has 19 heavy (non-hydrogen) atoms. The van der Waals surface area contributed by atoms with Gasteiger partial charge in [0.05, 0.1) is 0 Å². The van der Waals surface area contributed by atoms with Gasteiger partial charge in [-0.3, -0.25) is 0 Å². The Morgan fingerprint density at radius 3 is 1.89 bits per heavy atom. The minimum atomic E-state index is 0.000765. The van der Waals surface area contributed by atoms with Gasteiger partial charge in [-0.1, -0.05) is 54.6 Å². The number of hydrogen-bond donors (Lipinski definition) is 0. The fourth-order valence-electron chi connectivity index (χ4n) is 1.99. The lowest BCUT2D eigenvalue weighted by molar-refractivity contribution is -0.144. The predicted molar refractivity (Wildman–Crippen MR) is 76.3 cm³/mol. The summed E-state index contributed by atoms with van der Waals surface area (Å²) >= 11 is 0. The molecule has 0 bridgehead atoms. The Morgan fingerprint density at radius 2 is 1.42 bits per heavy atom. The third-order valence-corrected chi connectivity index (χ3v) is 3.10. The number of hydrogen-bond acceptors (Lipinski definition) is 1. The van der Waals surface area contributed by atoms with E-state index in [1.165, 1.54) is 5.56 Å². The van der Waals surface area contributed by atoms with E-state index in [1.54, 1.807) is 0 Å². The lowest BCUT2D eigenvalue weighted by Crippen LogP contribution is -1.86. The predicted octanol–water partition coefficient (Wildman–Crippen LogP) is 4.87. The first-order chi connectivity index (χ1) is 9.33. The van der Waals surface area contributed by atoms with E-state index in [9.17, 15) is 4.53 Å². The monoisotopic (exact) mass is 256 g/mol. The van der Waals surface area contributed by atoms with Crippen LogP contribution in [0.2, 0.25) is 0 Å². The molecule has 0 N–H and O–H groups in total. The van der Waals surface area contributed by atoms with Gasteiger partial charge < -0.3 is 0 Å². The molecule has 1 nitrogen and oxygen atoms in total. The Bertz CT molecular complexity index is 514. The van der Waals surface area contributed by atoms with Crippen LogP contribution in [0.3, 0.4) is 0 Å².